The Hall–Kier alpha value is -1.68. The van der Waals surface area contributed by atoms with E-state index in [2.05, 4.69) is 4.98 Å². The van der Waals surface area contributed by atoms with E-state index in [1.54, 1.807) is 18.3 Å². The number of rotatable bonds is 3. The lowest BCUT2D eigenvalue weighted by Gasteiger charge is -2.03. The van der Waals surface area contributed by atoms with Crippen LogP contribution in [0.3, 0.4) is 0 Å². The number of ketones is 1. The predicted octanol–water partition coefficient (Wildman–Crippen LogP) is 2.46. The first-order chi connectivity index (χ1) is 7.66. The highest BCUT2D eigenvalue weighted by Crippen LogP contribution is 2.15. The van der Waals surface area contributed by atoms with Crippen LogP contribution in [0.15, 0.2) is 29.8 Å². The topological polar surface area (TPSA) is 56.0 Å². The van der Waals surface area contributed by atoms with Gasteiger partial charge in [-0.15, -0.1) is 11.3 Å². The second-order valence-corrected chi connectivity index (χ2v) is 4.58. The van der Waals surface area contributed by atoms with Crippen molar-refractivity contribution < 1.29 is 4.79 Å². The number of anilines is 1. The minimum Gasteiger partial charge on any atom is -0.399 e. The molecule has 4 heteroatoms. The molecular weight excluding hydrogens is 220 g/mol. The molecule has 0 radical (unpaired) electrons. The van der Waals surface area contributed by atoms with Crippen molar-refractivity contribution in [1.82, 2.24) is 4.98 Å². The van der Waals surface area contributed by atoms with Gasteiger partial charge in [-0.3, -0.25) is 4.79 Å². The van der Waals surface area contributed by atoms with Gasteiger partial charge in [0.2, 0.25) is 0 Å². The van der Waals surface area contributed by atoms with E-state index in [-0.39, 0.29) is 5.78 Å². The molecule has 0 aliphatic heterocycles. The number of Topliss-reactive ketones (excluding diaryl/α,β-unsaturated/α-hetero) is 1. The molecule has 0 saturated carbocycles. The van der Waals surface area contributed by atoms with Gasteiger partial charge in [0.05, 0.1) is 6.42 Å². The van der Waals surface area contributed by atoms with Crippen molar-refractivity contribution in [2.75, 3.05) is 5.73 Å². The van der Waals surface area contributed by atoms with Crippen molar-refractivity contribution >= 4 is 22.8 Å². The highest BCUT2D eigenvalue weighted by Gasteiger charge is 2.09. The van der Waals surface area contributed by atoms with Gasteiger partial charge in [0.15, 0.2) is 5.78 Å². The summed E-state index contributed by atoms with van der Waals surface area (Å²) in [5.74, 6) is 0.0815. The van der Waals surface area contributed by atoms with Crippen molar-refractivity contribution in [3.63, 3.8) is 0 Å². The Labute approximate surface area is 97.9 Å². The summed E-state index contributed by atoms with van der Waals surface area (Å²) in [6.07, 6.45) is 2.07. The van der Waals surface area contributed by atoms with Crippen LogP contribution in [0, 0.1) is 6.92 Å². The lowest BCUT2D eigenvalue weighted by molar-refractivity contribution is 0.0993. The van der Waals surface area contributed by atoms with Gasteiger partial charge >= 0.3 is 0 Å². The number of aromatic nitrogens is 1. The molecule has 0 saturated heterocycles. The smallest absolute Gasteiger partial charge is 0.169 e. The first kappa shape index (κ1) is 10.8. The van der Waals surface area contributed by atoms with Crippen molar-refractivity contribution in [2.24, 2.45) is 0 Å². The van der Waals surface area contributed by atoms with Gasteiger partial charge in [-0.05, 0) is 30.7 Å². The second kappa shape index (κ2) is 4.45. The Kier molecular flexibility index (Phi) is 3.01. The van der Waals surface area contributed by atoms with Crippen LogP contribution in [0.2, 0.25) is 0 Å². The number of nitrogens with two attached hydrogens (primary N) is 1. The van der Waals surface area contributed by atoms with E-state index in [0.717, 1.165) is 10.6 Å². The van der Waals surface area contributed by atoms with E-state index in [0.29, 0.717) is 17.7 Å². The van der Waals surface area contributed by atoms with Gasteiger partial charge in [-0.1, -0.05) is 0 Å². The zero-order valence-electron chi connectivity index (χ0n) is 8.93. The number of benzene rings is 1. The molecule has 0 amide bonds. The Morgan fingerprint density at radius 3 is 2.94 bits per heavy atom. The molecule has 0 spiro atoms. The average molecular weight is 232 g/mol. The fraction of sp³-hybridized carbons (Fsp3) is 0.167. The van der Waals surface area contributed by atoms with Crippen molar-refractivity contribution in [3.8, 4) is 0 Å². The van der Waals surface area contributed by atoms with Crippen LogP contribution in [0.5, 0.6) is 0 Å². The summed E-state index contributed by atoms with van der Waals surface area (Å²) in [4.78, 5) is 16.0. The van der Waals surface area contributed by atoms with Crippen LogP contribution < -0.4 is 5.73 Å². The van der Waals surface area contributed by atoms with Crippen LogP contribution in [-0.2, 0) is 6.42 Å². The first-order valence-corrected chi connectivity index (χ1v) is 5.82. The van der Waals surface area contributed by atoms with Crippen LogP contribution in [0.4, 0.5) is 5.69 Å². The first-order valence-electron chi connectivity index (χ1n) is 4.94. The molecule has 1 heterocycles. The summed E-state index contributed by atoms with van der Waals surface area (Å²) in [7, 11) is 0. The predicted molar refractivity (Wildman–Crippen MR) is 65.7 cm³/mol. The molecule has 0 aliphatic carbocycles. The van der Waals surface area contributed by atoms with E-state index in [9.17, 15) is 4.79 Å². The summed E-state index contributed by atoms with van der Waals surface area (Å²) in [6, 6.07) is 5.36. The minimum atomic E-state index is 0.0815. The number of nitrogens with zero attached hydrogens (tertiary/aromatic N) is 1. The summed E-state index contributed by atoms with van der Waals surface area (Å²) >= 11 is 1.50. The van der Waals surface area contributed by atoms with E-state index in [1.165, 1.54) is 11.3 Å². The van der Waals surface area contributed by atoms with Crippen molar-refractivity contribution in [1.29, 1.82) is 0 Å². The summed E-state index contributed by atoms with van der Waals surface area (Å²) < 4.78 is 0. The Balaban J connectivity index is 2.18. The molecule has 0 atom stereocenters. The Bertz CT molecular complexity index is 506. The Morgan fingerprint density at radius 1 is 1.50 bits per heavy atom. The van der Waals surface area contributed by atoms with Crippen LogP contribution in [0.1, 0.15) is 20.9 Å². The molecule has 2 aromatic rings. The van der Waals surface area contributed by atoms with Crippen molar-refractivity contribution in [2.45, 2.75) is 13.3 Å². The summed E-state index contributed by atoms with van der Waals surface area (Å²) in [5, 5.41) is 2.72. The SMILES string of the molecule is Cc1cc(C(=O)Cc2nccs2)ccc1N. The highest BCUT2D eigenvalue weighted by molar-refractivity contribution is 7.09. The number of hydrogen-bond acceptors (Lipinski definition) is 4. The summed E-state index contributed by atoms with van der Waals surface area (Å²) in [5.41, 5.74) is 8.05. The number of thiazole rings is 1. The molecule has 2 N–H and O–H groups in total. The molecule has 3 nitrogen and oxygen atoms in total. The number of carbonyl (C=O) groups is 1. The maximum atomic E-state index is 11.9. The fourth-order valence-electron chi connectivity index (χ4n) is 1.43. The standard InChI is InChI=1S/C12H12N2OS/c1-8-6-9(2-3-10(8)13)11(15)7-12-14-4-5-16-12/h2-6H,7,13H2,1H3. The number of nitrogen functional groups attached to an aromatic ring is 1. The third-order valence-electron chi connectivity index (χ3n) is 2.39. The molecule has 0 aliphatic rings. The second-order valence-electron chi connectivity index (χ2n) is 3.60. The van der Waals surface area contributed by atoms with Crippen molar-refractivity contribution in [3.05, 3.63) is 45.9 Å². The number of aryl methyl sites for hydroxylation is 1. The molecule has 1 aromatic heterocycles. The molecule has 0 fully saturated rings. The van der Waals surface area contributed by atoms with E-state index in [4.69, 9.17) is 5.73 Å². The van der Waals surface area contributed by atoms with Gasteiger partial charge in [0.1, 0.15) is 5.01 Å². The molecule has 82 valence electrons. The molecule has 1 aromatic carbocycles. The minimum absolute atomic E-state index is 0.0815. The zero-order chi connectivity index (χ0) is 11.5. The third-order valence-corrected chi connectivity index (χ3v) is 3.17. The fourth-order valence-corrected chi connectivity index (χ4v) is 2.04. The van der Waals surface area contributed by atoms with Gasteiger partial charge < -0.3 is 5.73 Å². The quantitative estimate of drug-likeness (QED) is 0.653. The molecule has 16 heavy (non-hydrogen) atoms. The maximum absolute atomic E-state index is 11.9. The lowest BCUT2D eigenvalue weighted by atomic mass is 10.0. The normalized spacial score (nSPS) is 10.3. The van der Waals surface area contributed by atoms with E-state index < -0.39 is 0 Å². The monoisotopic (exact) mass is 232 g/mol. The van der Waals surface area contributed by atoms with Gasteiger partial charge in [-0.2, -0.15) is 0 Å². The van der Waals surface area contributed by atoms with E-state index >= 15 is 0 Å². The number of carbonyl (C=O) groups excluding carboxylic acids is 1. The lowest BCUT2D eigenvalue weighted by Crippen LogP contribution is -2.04. The molecule has 0 bridgehead atoms. The van der Waals surface area contributed by atoms with Crippen LogP contribution in [0.25, 0.3) is 0 Å². The van der Waals surface area contributed by atoms with Gasteiger partial charge in [0, 0.05) is 22.8 Å². The van der Waals surface area contributed by atoms with Gasteiger partial charge in [0.25, 0.3) is 0 Å². The maximum Gasteiger partial charge on any atom is 0.169 e. The van der Waals surface area contributed by atoms with Gasteiger partial charge in [-0.25, -0.2) is 4.98 Å². The average Bonchev–Trinajstić information content (AvgIpc) is 2.74. The molecular formula is C12H12N2OS. The van der Waals surface area contributed by atoms with E-state index in [1.807, 2.05) is 18.4 Å². The summed E-state index contributed by atoms with van der Waals surface area (Å²) in [6.45, 7) is 1.90. The largest absolute Gasteiger partial charge is 0.399 e. The third kappa shape index (κ3) is 2.28. The van der Waals surface area contributed by atoms with Crippen LogP contribution >= 0.6 is 11.3 Å². The molecule has 0 unspecified atom stereocenters. The highest BCUT2D eigenvalue weighted by atomic mass is 32.1. The zero-order valence-corrected chi connectivity index (χ0v) is 9.75. The Morgan fingerprint density at radius 2 is 2.31 bits per heavy atom. The van der Waals surface area contributed by atoms with Crippen LogP contribution in [-0.4, -0.2) is 10.8 Å². The number of hydrogen-bond donors (Lipinski definition) is 1. The molecule has 2 rings (SSSR count).